The number of rotatable bonds is 1. The maximum Gasteiger partial charge on any atom is 0.332 e. The van der Waals surface area contributed by atoms with Gasteiger partial charge in [-0.2, -0.15) is 0 Å². The predicted octanol–water partition coefficient (Wildman–Crippen LogP) is 1.85. The molecule has 0 aromatic carbocycles. The summed E-state index contributed by atoms with van der Waals surface area (Å²) in [7, 11) is 3.02. The Morgan fingerprint density at radius 3 is 2.44 bits per heavy atom. The Labute approximate surface area is 155 Å². The summed E-state index contributed by atoms with van der Waals surface area (Å²) in [5, 5.41) is 0.277. The smallest absolute Gasteiger partial charge is 0.294 e. The number of ketones is 1. The number of Topliss-reactive ketones (excluding diaryl/α,β-unsaturated/α-hetero) is 1. The molecule has 0 saturated carbocycles. The van der Waals surface area contributed by atoms with Crippen molar-refractivity contribution in [1.29, 1.82) is 0 Å². The molecule has 0 N–H and O–H groups in total. The van der Waals surface area contributed by atoms with Crippen molar-refractivity contribution in [3.05, 3.63) is 56.6 Å². The molecule has 3 aromatic heterocycles. The second-order valence-corrected chi connectivity index (χ2v) is 7.90. The van der Waals surface area contributed by atoms with Crippen LogP contribution in [-0.2, 0) is 20.5 Å². The highest BCUT2D eigenvalue weighted by Gasteiger charge is 2.36. The van der Waals surface area contributed by atoms with Crippen LogP contribution in [0.5, 0.6) is 0 Å². The zero-order valence-corrected chi connectivity index (χ0v) is 15.7. The largest absolute Gasteiger partial charge is 0.332 e. The molecule has 1 aliphatic carbocycles. The molecule has 138 valence electrons. The quantitative estimate of drug-likeness (QED) is 0.658. The summed E-state index contributed by atoms with van der Waals surface area (Å²) >= 11 is 0. The number of aromatic nitrogens is 4. The van der Waals surface area contributed by atoms with Gasteiger partial charge in [0.25, 0.3) is 5.56 Å². The van der Waals surface area contributed by atoms with Gasteiger partial charge in [0.2, 0.25) is 0 Å². The molecule has 4 rings (SSSR count). The van der Waals surface area contributed by atoms with E-state index in [0.717, 1.165) is 4.57 Å². The van der Waals surface area contributed by atoms with Crippen LogP contribution in [0.15, 0.2) is 34.1 Å². The monoisotopic (exact) mass is 364 g/mol. The number of pyridine rings is 2. The molecule has 0 bridgehead atoms. The standard InChI is InChI=1S/C20H20N4O3/c1-20(2)8-12-15(13(25)9-20)14(11-6-5-7-21-10-11)16-17(22-12)23(3)19(27)24(4)18(16)26/h5-7,10H,8-9H2,1-4H3. The van der Waals surface area contributed by atoms with Gasteiger partial charge < -0.3 is 0 Å². The number of carbonyl (C=O) groups is 1. The Bertz CT molecular complexity index is 1220. The van der Waals surface area contributed by atoms with Crippen molar-refractivity contribution >= 4 is 16.8 Å². The molecule has 3 aromatic rings. The molecule has 0 spiro atoms. The lowest BCUT2D eigenvalue weighted by Crippen LogP contribution is -2.38. The van der Waals surface area contributed by atoms with Crippen molar-refractivity contribution in [3.63, 3.8) is 0 Å². The fourth-order valence-electron chi connectivity index (χ4n) is 3.90. The molecule has 3 heterocycles. The molecule has 1 aliphatic rings. The van der Waals surface area contributed by atoms with Crippen molar-refractivity contribution in [1.82, 2.24) is 19.1 Å². The van der Waals surface area contributed by atoms with E-state index in [1.165, 1.54) is 11.6 Å². The second-order valence-electron chi connectivity index (χ2n) is 7.90. The normalized spacial score (nSPS) is 15.8. The summed E-state index contributed by atoms with van der Waals surface area (Å²) in [5.74, 6) is -0.0367. The summed E-state index contributed by atoms with van der Waals surface area (Å²) in [4.78, 5) is 47.2. The highest BCUT2D eigenvalue weighted by molar-refractivity contribution is 6.10. The third kappa shape index (κ3) is 2.53. The van der Waals surface area contributed by atoms with Gasteiger partial charge in [-0.1, -0.05) is 19.9 Å². The summed E-state index contributed by atoms with van der Waals surface area (Å²) in [6.45, 7) is 4.04. The molecule has 7 nitrogen and oxygen atoms in total. The van der Waals surface area contributed by atoms with Crippen molar-refractivity contribution in [3.8, 4) is 11.1 Å². The van der Waals surface area contributed by atoms with Crippen molar-refractivity contribution < 1.29 is 4.79 Å². The van der Waals surface area contributed by atoms with Gasteiger partial charge in [-0.15, -0.1) is 0 Å². The average molecular weight is 364 g/mol. The van der Waals surface area contributed by atoms with Gasteiger partial charge in [-0.3, -0.25) is 23.7 Å². The Kier molecular flexibility index (Phi) is 3.66. The average Bonchev–Trinajstić information content (AvgIpc) is 2.62. The number of fused-ring (bicyclic) bond motifs is 2. The first-order valence-electron chi connectivity index (χ1n) is 8.77. The predicted molar refractivity (Wildman–Crippen MR) is 102 cm³/mol. The Morgan fingerprint density at radius 1 is 1.04 bits per heavy atom. The van der Waals surface area contributed by atoms with E-state index in [-0.39, 0.29) is 16.6 Å². The second kappa shape index (κ2) is 5.70. The maximum atomic E-state index is 13.0. The molecule has 0 atom stereocenters. The summed E-state index contributed by atoms with van der Waals surface area (Å²) in [6.07, 6.45) is 4.25. The first-order valence-corrected chi connectivity index (χ1v) is 8.77. The van der Waals surface area contributed by atoms with Gasteiger partial charge in [-0.05, 0) is 17.9 Å². The van der Waals surface area contributed by atoms with E-state index < -0.39 is 11.2 Å². The topological polar surface area (TPSA) is 86.8 Å². The van der Waals surface area contributed by atoms with Crippen LogP contribution in [0, 0.1) is 5.41 Å². The highest BCUT2D eigenvalue weighted by Crippen LogP contribution is 2.40. The Balaban J connectivity index is 2.28. The van der Waals surface area contributed by atoms with E-state index in [2.05, 4.69) is 9.97 Å². The third-order valence-corrected chi connectivity index (χ3v) is 5.18. The number of nitrogens with zero attached hydrogens (tertiary/aromatic N) is 4. The first kappa shape index (κ1) is 17.3. The Morgan fingerprint density at radius 2 is 1.78 bits per heavy atom. The molecular weight excluding hydrogens is 344 g/mol. The number of carbonyl (C=O) groups excluding carboxylic acids is 1. The summed E-state index contributed by atoms with van der Waals surface area (Å²) in [5.41, 5.74) is 1.47. The molecule has 0 amide bonds. The van der Waals surface area contributed by atoms with E-state index in [1.54, 1.807) is 25.5 Å². The van der Waals surface area contributed by atoms with Crippen molar-refractivity contribution in [2.75, 3.05) is 0 Å². The van der Waals surface area contributed by atoms with Crippen LogP contribution < -0.4 is 11.2 Å². The van der Waals surface area contributed by atoms with Crippen LogP contribution in [0.2, 0.25) is 0 Å². The number of hydrogen-bond donors (Lipinski definition) is 0. The zero-order valence-electron chi connectivity index (χ0n) is 15.7. The lowest BCUT2D eigenvalue weighted by atomic mass is 9.73. The van der Waals surface area contributed by atoms with Gasteiger partial charge in [0.15, 0.2) is 5.78 Å². The minimum absolute atomic E-state index is 0.0367. The van der Waals surface area contributed by atoms with Gasteiger partial charge in [0.05, 0.1) is 11.1 Å². The summed E-state index contributed by atoms with van der Waals surface area (Å²) < 4.78 is 2.41. The molecule has 0 aliphatic heterocycles. The fraction of sp³-hybridized carbons (Fsp3) is 0.350. The van der Waals surface area contributed by atoms with Crippen LogP contribution in [-0.4, -0.2) is 24.9 Å². The van der Waals surface area contributed by atoms with E-state index in [9.17, 15) is 14.4 Å². The van der Waals surface area contributed by atoms with Crippen molar-refractivity contribution in [2.45, 2.75) is 26.7 Å². The van der Waals surface area contributed by atoms with Gasteiger partial charge in [-0.25, -0.2) is 9.78 Å². The van der Waals surface area contributed by atoms with E-state index in [1.807, 2.05) is 19.9 Å². The Hall–Kier alpha value is -3.09. The lowest BCUT2D eigenvalue weighted by Gasteiger charge is -2.31. The molecule has 27 heavy (non-hydrogen) atoms. The number of aryl methyl sites for hydroxylation is 1. The van der Waals surface area contributed by atoms with Crippen LogP contribution in [0.25, 0.3) is 22.2 Å². The molecule has 0 saturated heterocycles. The minimum atomic E-state index is -0.458. The van der Waals surface area contributed by atoms with Crippen LogP contribution in [0.3, 0.4) is 0 Å². The number of hydrogen-bond acceptors (Lipinski definition) is 5. The van der Waals surface area contributed by atoms with Gasteiger partial charge >= 0.3 is 5.69 Å². The lowest BCUT2D eigenvalue weighted by molar-refractivity contribution is 0.0911. The summed E-state index contributed by atoms with van der Waals surface area (Å²) in [6, 6.07) is 3.58. The first-order chi connectivity index (χ1) is 12.7. The zero-order chi connectivity index (χ0) is 19.5. The van der Waals surface area contributed by atoms with Gasteiger partial charge in [0.1, 0.15) is 5.65 Å². The fourth-order valence-corrected chi connectivity index (χ4v) is 3.90. The molecule has 0 radical (unpaired) electrons. The molecule has 0 unspecified atom stereocenters. The van der Waals surface area contributed by atoms with Gasteiger partial charge in [0, 0.05) is 49.6 Å². The minimum Gasteiger partial charge on any atom is -0.294 e. The van der Waals surface area contributed by atoms with E-state index in [4.69, 9.17) is 0 Å². The van der Waals surface area contributed by atoms with Crippen LogP contribution >= 0.6 is 0 Å². The highest BCUT2D eigenvalue weighted by atomic mass is 16.2. The van der Waals surface area contributed by atoms with Crippen LogP contribution in [0.1, 0.15) is 36.3 Å². The van der Waals surface area contributed by atoms with Crippen molar-refractivity contribution in [2.24, 2.45) is 19.5 Å². The van der Waals surface area contributed by atoms with E-state index in [0.29, 0.717) is 40.9 Å². The maximum absolute atomic E-state index is 13.0. The third-order valence-electron chi connectivity index (χ3n) is 5.18. The van der Waals surface area contributed by atoms with E-state index >= 15 is 0 Å². The SMILES string of the molecule is Cn1c(=O)c2c(-c3cccnc3)c3c(nc2n(C)c1=O)CC(C)(C)CC3=O. The van der Waals surface area contributed by atoms with Crippen LogP contribution in [0.4, 0.5) is 0 Å². The molecule has 0 fully saturated rings. The molecule has 7 heteroatoms. The molecular formula is C20H20N4O3.